The molecule has 1 aromatic heterocycles. The monoisotopic (exact) mass is 415 g/mol. The molecule has 3 aromatic rings. The number of hydrogen-bond acceptors (Lipinski definition) is 7. The van der Waals surface area contributed by atoms with E-state index in [-0.39, 0.29) is 0 Å². The Kier molecular flexibility index (Phi) is 5.69. The van der Waals surface area contributed by atoms with Gasteiger partial charge in [-0.25, -0.2) is 4.98 Å². The van der Waals surface area contributed by atoms with E-state index in [1.165, 1.54) is 16.8 Å². The van der Waals surface area contributed by atoms with Gasteiger partial charge in [-0.2, -0.15) is 4.98 Å². The summed E-state index contributed by atoms with van der Waals surface area (Å²) in [7, 11) is 0. The molecular formula is C24H29N7. The second kappa shape index (κ2) is 8.91. The predicted molar refractivity (Wildman–Crippen MR) is 127 cm³/mol. The molecule has 0 bridgehead atoms. The Morgan fingerprint density at radius 3 is 2.68 bits per heavy atom. The highest BCUT2D eigenvalue weighted by molar-refractivity contribution is 5.73. The van der Waals surface area contributed by atoms with Crippen LogP contribution >= 0.6 is 0 Å². The van der Waals surface area contributed by atoms with Gasteiger partial charge in [0.15, 0.2) is 0 Å². The largest absolute Gasteiger partial charge is 0.384 e. The molecule has 31 heavy (non-hydrogen) atoms. The number of nitrogens with zero attached hydrogens (tertiary/aromatic N) is 3. The quantitative estimate of drug-likeness (QED) is 0.490. The molecule has 2 aromatic carbocycles. The predicted octanol–water partition coefficient (Wildman–Crippen LogP) is 3.65. The van der Waals surface area contributed by atoms with Gasteiger partial charge in [0, 0.05) is 73.7 Å². The third kappa shape index (κ3) is 4.62. The summed E-state index contributed by atoms with van der Waals surface area (Å²) >= 11 is 0. The minimum Gasteiger partial charge on any atom is -0.384 e. The lowest BCUT2D eigenvalue weighted by molar-refractivity contribution is 0.233. The number of anilines is 5. The van der Waals surface area contributed by atoms with Crippen LogP contribution in [0.3, 0.4) is 0 Å². The van der Waals surface area contributed by atoms with Gasteiger partial charge >= 0.3 is 0 Å². The normalized spacial score (nSPS) is 15.9. The van der Waals surface area contributed by atoms with E-state index in [2.05, 4.69) is 73.6 Å². The Bertz CT molecular complexity index is 1040. The molecule has 7 nitrogen and oxygen atoms in total. The molecule has 0 saturated carbocycles. The summed E-state index contributed by atoms with van der Waals surface area (Å²) in [6.07, 6.45) is 2.88. The van der Waals surface area contributed by atoms with Crippen LogP contribution in [0.15, 0.2) is 48.7 Å². The van der Waals surface area contributed by atoms with Crippen molar-refractivity contribution in [2.24, 2.45) is 0 Å². The Hall–Kier alpha value is -3.16. The molecule has 0 amide bonds. The number of nitrogens with one attached hydrogen (secondary N) is 4. The summed E-state index contributed by atoms with van der Waals surface area (Å²) in [6, 6.07) is 14.9. The molecule has 1 saturated heterocycles. The van der Waals surface area contributed by atoms with Crippen molar-refractivity contribution in [3.63, 3.8) is 0 Å². The number of rotatable bonds is 6. The third-order valence-corrected chi connectivity index (χ3v) is 5.92. The number of aromatic nitrogens is 2. The van der Waals surface area contributed by atoms with Crippen LogP contribution in [0.25, 0.3) is 0 Å². The first kappa shape index (κ1) is 19.8. The number of benzene rings is 2. The van der Waals surface area contributed by atoms with Crippen molar-refractivity contribution in [1.29, 1.82) is 0 Å². The van der Waals surface area contributed by atoms with Crippen molar-refractivity contribution in [3.8, 4) is 0 Å². The smallest absolute Gasteiger partial charge is 0.229 e. The molecule has 0 atom stereocenters. The minimum atomic E-state index is 0.591. The number of piperazine rings is 1. The lowest BCUT2D eigenvalue weighted by Crippen LogP contribution is -2.42. The average Bonchev–Trinajstić information content (AvgIpc) is 3.28. The number of fused-ring (bicyclic) bond motifs is 1. The average molecular weight is 416 g/mol. The van der Waals surface area contributed by atoms with E-state index >= 15 is 0 Å². The zero-order chi connectivity index (χ0) is 21.0. The van der Waals surface area contributed by atoms with Crippen LogP contribution in [-0.2, 0) is 13.0 Å². The standard InChI is InChI=1S/C24H29N7/c1-17-15-27-24(30-23(17)29-22-4-2-3-21-20(22)9-10-26-21)28-19-7-5-18(6-8-19)16-31-13-11-25-12-14-31/h2-8,15,25-26H,9-14,16H2,1H3,(H2,27,28,29,30). The highest BCUT2D eigenvalue weighted by atomic mass is 15.2. The molecule has 0 unspecified atom stereocenters. The first-order valence-corrected chi connectivity index (χ1v) is 11.0. The zero-order valence-electron chi connectivity index (χ0n) is 17.9. The van der Waals surface area contributed by atoms with Gasteiger partial charge in [0.25, 0.3) is 0 Å². The summed E-state index contributed by atoms with van der Waals surface area (Å²) in [6.45, 7) is 8.35. The molecule has 2 aliphatic rings. The Morgan fingerprint density at radius 1 is 1.00 bits per heavy atom. The van der Waals surface area contributed by atoms with Gasteiger partial charge in [-0.3, -0.25) is 4.90 Å². The summed E-state index contributed by atoms with van der Waals surface area (Å²) in [5, 5.41) is 13.7. The van der Waals surface area contributed by atoms with E-state index in [0.29, 0.717) is 5.95 Å². The van der Waals surface area contributed by atoms with E-state index in [1.54, 1.807) is 0 Å². The molecule has 1 fully saturated rings. The van der Waals surface area contributed by atoms with Crippen molar-refractivity contribution >= 4 is 28.8 Å². The van der Waals surface area contributed by atoms with Crippen molar-refractivity contribution < 1.29 is 0 Å². The Balaban J connectivity index is 1.27. The molecule has 3 heterocycles. The van der Waals surface area contributed by atoms with Crippen LogP contribution in [0.2, 0.25) is 0 Å². The molecule has 2 aliphatic heterocycles. The van der Waals surface area contributed by atoms with Crippen molar-refractivity contribution in [2.75, 3.05) is 48.7 Å². The van der Waals surface area contributed by atoms with Crippen LogP contribution in [-0.4, -0.2) is 47.6 Å². The fourth-order valence-electron chi connectivity index (χ4n) is 4.17. The molecule has 160 valence electrons. The maximum absolute atomic E-state index is 4.74. The van der Waals surface area contributed by atoms with Crippen molar-refractivity contribution in [3.05, 3.63) is 65.4 Å². The highest BCUT2D eigenvalue weighted by Gasteiger charge is 2.15. The second-order valence-electron chi connectivity index (χ2n) is 8.21. The van der Waals surface area contributed by atoms with Crippen LogP contribution < -0.4 is 21.3 Å². The molecular weight excluding hydrogens is 386 g/mol. The van der Waals surface area contributed by atoms with Crippen molar-refractivity contribution in [1.82, 2.24) is 20.2 Å². The Morgan fingerprint density at radius 2 is 1.84 bits per heavy atom. The van der Waals surface area contributed by atoms with Crippen LogP contribution in [0.5, 0.6) is 0 Å². The lowest BCUT2D eigenvalue weighted by Gasteiger charge is -2.27. The number of hydrogen-bond donors (Lipinski definition) is 4. The maximum Gasteiger partial charge on any atom is 0.229 e. The first-order valence-electron chi connectivity index (χ1n) is 11.0. The Labute approximate surface area is 183 Å². The zero-order valence-corrected chi connectivity index (χ0v) is 17.9. The van der Waals surface area contributed by atoms with Crippen LogP contribution in [0.4, 0.5) is 28.8 Å². The van der Waals surface area contributed by atoms with Crippen LogP contribution in [0.1, 0.15) is 16.7 Å². The van der Waals surface area contributed by atoms with Gasteiger partial charge in [-0.1, -0.05) is 18.2 Å². The van der Waals surface area contributed by atoms with E-state index in [4.69, 9.17) is 4.98 Å². The van der Waals surface area contributed by atoms with Crippen molar-refractivity contribution in [2.45, 2.75) is 19.9 Å². The van der Waals surface area contributed by atoms with E-state index in [0.717, 1.165) is 68.4 Å². The van der Waals surface area contributed by atoms with Gasteiger partial charge in [0.1, 0.15) is 5.82 Å². The maximum atomic E-state index is 4.74. The lowest BCUT2D eigenvalue weighted by atomic mass is 10.1. The van der Waals surface area contributed by atoms with E-state index in [9.17, 15) is 0 Å². The summed E-state index contributed by atoms with van der Waals surface area (Å²) in [4.78, 5) is 11.7. The summed E-state index contributed by atoms with van der Waals surface area (Å²) in [5.41, 5.74) is 6.95. The van der Waals surface area contributed by atoms with Gasteiger partial charge in [-0.05, 0) is 43.2 Å². The molecule has 0 aliphatic carbocycles. The fraction of sp³-hybridized carbons (Fsp3) is 0.333. The van der Waals surface area contributed by atoms with E-state index < -0.39 is 0 Å². The number of aryl methyl sites for hydroxylation is 1. The van der Waals surface area contributed by atoms with Crippen LogP contribution in [0, 0.1) is 6.92 Å². The third-order valence-electron chi connectivity index (χ3n) is 5.92. The molecule has 0 spiro atoms. The molecule has 4 N–H and O–H groups in total. The summed E-state index contributed by atoms with van der Waals surface area (Å²) in [5.74, 6) is 1.42. The van der Waals surface area contributed by atoms with Gasteiger partial charge in [0.2, 0.25) is 5.95 Å². The first-order chi connectivity index (χ1) is 15.2. The SMILES string of the molecule is Cc1cnc(Nc2ccc(CN3CCNCC3)cc2)nc1Nc1cccc2c1CCN2. The molecule has 7 heteroatoms. The van der Waals surface area contributed by atoms with Gasteiger partial charge < -0.3 is 21.3 Å². The molecule has 5 rings (SSSR count). The van der Waals surface area contributed by atoms with E-state index in [1.807, 2.05) is 13.1 Å². The van der Waals surface area contributed by atoms with Gasteiger partial charge in [-0.15, -0.1) is 0 Å². The minimum absolute atomic E-state index is 0.591. The summed E-state index contributed by atoms with van der Waals surface area (Å²) < 4.78 is 0. The highest BCUT2D eigenvalue weighted by Crippen LogP contribution is 2.31. The fourth-order valence-corrected chi connectivity index (χ4v) is 4.17. The topological polar surface area (TPSA) is 77.1 Å². The van der Waals surface area contributed by atoms with Gasteiger partial charge in [0.05, 0.1) is 0 Å². The molecule has 0 radical (unpaired) electrons. The second-order valence-corrected chi connectivity index (χ2v) is 8.21.